The first kappa shape index (κ1) is 16.6. The normalized spacial score (nSPS) is 10.4. The minimum absolute atomic E-state index is 0.569. The summed E-state index contributed by atoms with van der Waals surface area (Å²) in [5.41, 5.74) is 4.67. The van der Waals surface area contributed by atoms with Gasteiger partial charge in [-0.3, -0.25) is 0 Å². The van der Waals surface area contributed by atoms with Crippen molar-refractivity contribution in [3.8, 4) is 5.75 Å². The third kappa shape index (κ3) is 4.39. The van der Waals surface area contributed by atoms with Gasteiger partial charge in [-0.25, -0.2) is 0 Å². The van der Waals surface area contributed by atoms with Crippen LogP contribution in [-0.4, -0.2) is 0 Å². The summed E-state index contributed by atoms with van der Waals surface area (Å²) in [6, 6.07) is 24.6. The van der Waals surface area contributed by atoms with Crippen LogP contribution >= 0.6 is 15.9 Å². The molecule has 2 nitrogen and oxygen atoms in total. The summed E-state index contributed by atoms with van der Waals surface area (Å²) < 4.78 is 7.09. The monoisotopic (exact) mass is 381 g/mol. The highest BCUT2D eigenvalue weighted by Crippen LogP contribution is 2.25. The number of nitrogens with one attached hydrogen (secondary N) is 1. The Labute approximate surface area is 151 Å². The summed E-state index contributed by atoms with van der Waals surface area (Å²) in [4.78, 5) is 0. The molecule has 0 saturated heterocycles. The number of rotatable bonds is 6. The Kier molecular flexibility index (Phi) is 5.55. The van der Waals surface area contributed by atoms with Crippen LogP contribution in [0, 0.1) is 6.92 Å². The average Bonchev–Trinajstić information content (AvgIpc) is 2.61. The Morgan fingerprint density at radius 2 is 1.67 bits per heavy atom. The van der Waals surface area contributed by atoms with Gasteiger partial charge in [0, 0.05) is 22.3 Å². The van der Waals surface area contributed by atoms with Gasteiger partial charge in [0.25, 0.3) is 0 Å². The largest absolute Gasteiger partial charge is 0.489 e. The summed E-state index contributed by atoms with van der Waals surface area (Å²) in [7, 11) is 0. The molecule has 3 heteroatoms. The lowest BCUT2D eigenvalue weighted by atomic mass is 10.1. The Bertz CT molecular complexity index is 802. The number of para-hydroxylation sites is 1. The standard InChI is InChI=1S/C21H20BrNO/c1-16-7-5-6-10-20(16)23-14-18-13-19(22)11-12-21(18)24-15-17-8-3-2-4-9-17/h2-13,23H,14-15H2,1H3. The van der Waals surface area contributed by atoms with Crippen molar-refractivity contribution >= 4 is 21.6 Å². The van der Waals surface area contributed by atoms with E-state index in [1.54, 1.807) is 0 Å². The van der Waals surface area contributed by atoms with Crippen LogP contribution in [0.3, 0.4) is 0 Å². The third-order valence-electron chi connectivity index (χ3n) is 3.87. The van der Waals surface area contributed by atoms with Crippen molar-refractivity contribution < 1.29 is 4.74 Å². The van der Waals surface area contributed by atoms with Crippen LogP contribution in [0.25, 0.3) is 0 Å². The van der Waals surface area contributed by atoms with Crippen molar-refractivity contribution in [2.24, 2.45) is 0 Å². The Hall–Kier alpha value is -2.26. The summed E-state index contributed by atoms with van der Waals surface area (Å²) in [6.45, 7) is 3.39. The van der Waals surface area contributed by atoms with Gasteiger partial charge in [-0.2, -0.15) is 0 Å². The molecule has 24 heavy (non-hydrogen) atoms. The SMILES string of the molecule is Cc1ccccc1NCc1cc(Br)ccc1OCc1ccccc1. The number of hydrogen-bond acceptors (Lipinski definition) is 2. The van der Waals surface area contributed by atoms with E-state index in [-0.39, 0.29) is 0 Å². The molecule has 0 fully saturated rings. The maximum Gasteiger partial charge on any atom is 0.124 e. The predicted octanol–water partition coefficient (Wildman–Crippen LogP) is 5.95. The van der Waals surface area contributed by atoms with E-state index in [1.165, 1.54) is 11.1 Å². The summed E-state index contributed by atoms with van der Waals surface area (Å²) in [6.07, 6.45) is 0. The van der Waals surface area contributed by atoms with Gasteiger partial charge in [-0.15, -0.1) is 0 Å². The fraction of sp³-hybridized carbons (Fsp3) is 0.143. The lowest BCUT2D eigenvalue weighted by Gasteiger charge is -2.14. The van der Waals surface area contributed by atoms with Gasteiger partial charge < -0.3 is 10.1 Å². The first-order valence-corrected chi connectivity index (χ1v) is 8.76. The highest BCUT2D eigenvalue weighted by atomic mass is 79.9. The highest BCUT2D eigenvalue weighted by molar-refractivity contribution is 9.10. The summed E-state index contributed by atoms with van der Waals surface area (Å²) in [5, 5.41) is 3.49. The number of aryl methyl sites for hydroxylation is 1. The second-order valence-electron chi connectivity index (χ2n) is 5.69. The van der Waals surface area contributed by atoms with E-state index in [0.717, 1.165) is 21.5 Å². The van der Waals surface area contributed by atoms with Gasteiger partial charge in [-0.1, -0.05) is 64.5 Å². The van der Waals surface area contributed by atoms with Crippen molar-refractivity contribution in [3.63, 3.8) is 0 Å². The number of ether oxygens (including phenoxy) is 1. The van der Waals surface area contributed by atoms with Crippen molar-refractivity contribution in [1.29, 1.82) is 0 Å². The quantitative estimate of drug-likeness (QED) is 0.569. The topological polar surface area (TPSA) is 21.3 Å². The van der Waals surface area contributed by atoms with Crippen LogP contribution in [-0.2, 0) is 13.2 Å². The number of anilines is 1. The van der Waals surface area contributed by atoms with Crippen LogP contribution in [0.15, 0.2) is 77.3 Å². The minimum atomic E-state index is 0.569. The van der Waals surface area contributed by atoms with Crippen molar-refractivity contribution in [1.82, 2.24) is 0 Å². The van der Waals surface area contributed by atoms with Gasteiger partial charge >= 0.3 is 0 Å². The molecular formula is C21H20BrNO. The van der Waals surface area contributed by atoms with E-state index in [1.807, 2.05) is 42.5 Å². The van der Waals surface area contributed by atoms with E-state index < -0.39 is 0 Å². The number of halogens is 1. The fourth-order valence-corrected chi connectivity index (χ4v) is 2.93. The van der Waals surface area contributed by atoms with Crippen LogP contribution in [0.2, 0.25) is 0 Å². The third-order valence-corrected chi connectivity index (χ3v) is 4.37. The highest BCUT2D eigenvalue weighted by Gasteiger charge is 2.06. The first-order chi connectivity index (χ1) is 11.7. The summed E-state index contributed by atoms with van der Waals surface area (Å²) in [5.74, 6) is 0.906. The van der Waals surface area contributed by atoms with Gasteiger partial charge in [0.05, 0.1) is 0 Å². The van der Waals surface area contributed by atoms with Crippen molar-refractivity contribution in [3.05, 3.63) is 94.0 Å². The van der Waals surface area contributed by atoms with Crippen LogP contribution in [0.1, 0.15) is 16.7 Å². The van der Waals surface area contributed by atoms with Crippen LogP contribution < -0.4 is 10.1 Å². The molecule has 0 bridgehead atoms. The first-order valence-electron chi connectivity index (χ1n) is 7.97. The lowest BCUT2D eigenvalue weighted by Crippen LogP contribution is -2.04. The summed E-state index contributed by atoms with van der Waals surface area (Å²) >= 11 is 3.55. The molecule has 3 rings (SSSR count). The average molecular weight is 382 g/mol. The molecule has 0 spiro atoms. The molecule has 1 N–H and O–H groups in total. The van der Waals surface area contributed by atoms with E-state index in [0.29, 0.717) is 13.2 Å². The fourth-order valence-electron chi connectivity index (χ4n) is 2.52. The second-order valence-corrected chi connectivity index (χ2v) is 6.61. The molecule has 0 aromatic heterocycles. The smallest absolute Gasteiger partial charge is 0.124 e. The Morgan fingerprint density at radius 3 is 2.46 bits per heavy atom. The molecule has 0 aliphatic heterocycles. The van der Waals surface area contributed by atoms with Crippen LogP contribution in [0.4, 0.5) is 5.69 Å². The second kappa shape index (κ2) is 8.02. The van der Waals surface area contributed by atoms with Crippen molar-refractivity contribution in [2.75, 3.05) is 5.32 Å². The van der Waals surface area contributed by atoms with Gasteiger partial charge in [0.15, 0.2) is 0 Å². The zero-order valence-electron chi connectivity index (χ0n) is 13.6. The zero-order valence-corrected chi connectivity index (χ0v) is 15.2. The molecule has 0 amide bonds. The van der Waals surface area contributed by atoms with E-state index in [9.17, 15) is 0 Å². The van der Waals surface area contributed by atoms with E-state index in [4.69, 9.17) is 4.74 Å². The minimum Gasteiger partial charge on any atom is -0.489 e. The number of hydrogen-bond donors (Lipinski definition) is 1. The van der Waals surface area contributed by atoms with Gasteiger partial charge in [-0.05, 0) is 42.3 Å². The van der Waals surface area contributed by atoms with Gasteiger partial charge in [0.2, 0.25) is 0 Å². The predicted molar refractivity (Wildman–Crippen MR) is 103 cm³/mol. The van der Waals surface area contributed by atoms with E-state index >= 15 is 0 Å². The lowest BCUT2D eigenvalue weighted by molar-refractivity contribution is 0.303. The molecule has 0 saturated carbocycles. The molecule has 3 aromatic rings. The Balaban J connectivity index is 1.72. The Morgan fingerprint density at radius 1 is 0.917 bits per heavy atom. The molecule has 0 aliphatic rings. The van der Waals surface area contributed by atoms with Gasteiger partial charge in [0.1, 0.15) is 12.4 Å². The zero-order chi connectivity index (χ0) is 16.8. The molecule has 0 aliphatic carbocycles. The van der Waals surface area contributed by atoms with Crippen molar-refractivity contribution in [2.45, 2.75) is 20.1 Å². The maximum atomic E-state index is 6.04. The molecular weight excluding hydrogens is 362 g/mol. The molecule has 122 valence electrons. The molecule has 0 unspecified atom stereocenters. The molecule has 0 atom stereocenters. The molecule has 0 heterocycles. The maximum absolute atomic E-state index is 6.04. The van der Waals surface area contributed by atoms with Crippen LogP contribution in [0.5, 0.6) is 5.75 Å². The van der Waals surface area contributed by atoms with E-state index in [2.05, 4.69) is 58.5 Å². The number of benzene rings is 3. The molecule has 3 aromatic carbocycles. The molecule has 0 radical (unpaired) electrons.